The largest absolute Gasteiger partial charge is 0.409 e. The van der Waals surface area contributed by atoms with E-state index in [9.17, 15) is 4.39 Å². The first kappa shape index (κ1) is 11.2. The van der Waals surface area contributed by atoms with E-state index in [1.54, 1.807) is 29.1 Å². The lowest BCUT2D eigenvalue weighted by atomic mass is 10.1. The summed E-state index contributed by atoms with van der Waals surface area (Å²) in [7, 11) is 0. The minimum absolute atomic E-state index is 0.0489. The molecule has 17 heavy (non-hydrogen) atoms. The van der Waals surface area contributed by atoms with Crippen LogP contribution in [0.15, 0.2) is 53.9 Å². The van der Waals surface area contributed by atoms with Crippen LogP contribution in [-0.4, -0.2) is 15.6 Å². The van der Waals surface area contributed by atoms with E-state index in [1.807, 2.05) is 12.1 Å². The minimum Gasteiger partial charge on any atom is -0.409 e. The van der Waals surface area contributed by atoms with Gasteiger partial charge in [-0.25, -0.2) is 4.39 Å². The summed E-state index contributed by atoms with van der Waals surface area (Å²) in [5.41, 5.74) is 6.41. The highest BCUT2D eigenvalue weighted by Crippen LogP contribution is 2.19. The van der Waals surface area contributed by atoms with Crippen LogP contribution in [0.2, 0.25) is 0 Å². The maximum absolute atomic E-state index is 12.9. The van der Waals surface area contributed by atoms with Gasteiger partial charge in [0, 0.05) is 12.4 Å². The second kappa shape index (κ2) is 4.69. The van der Waals surface area contributed by atoms with E-state index in [0.717, 1.165) is 5.56 Å². The van der Waals surface area contributed by atoms with E-state index >= 15 is 0 Å². The van der Waals surface area contributed by atoms with Gasteiger partial charge in [0.15, 0.2) is 5.84 Å². The molecule has 88 valence electrons. The molecule has 0 aliphatic heterocycles. The van der Waals surface area contributed by atoms with Gasteiger partial charge in [-0.2, -0.15) is 0 Å². The van der Waals surface area contributed by atoms with Crippen molar-refractivity contribution in [1.29, 1.82) is 0 Å². The zero-order valence-electron chi connectivity index (χ0n) is 8.99. The molecule has 0 aliphatic carbocycles. The predicted octanol–water partition coefficient (Wildman–Crippen LogP) is 1.96. The fourth-order valence-corrected chi connectivity index (χ4v) is 1.72. The minimum atomic E-state index is -0.435. The van der Waals surface area contributed by atoms with Crippen molar-refractivity contribution < 1.29 is 9.60 Å². The molecule has 1 aromatic carbocycles. The first-order valence-corrected chi connectivity index (χ1v) is 5.07. The predicted molar refractivity (Wildman–Crippen MR) is 62.4 cm³/mol. The van der Waals surface area contributed by atoms with Crippen molar-refractivity contribution in [2.75, 3.05) is 0 Å². The van der Waals surface area contributed by atoms with Crippen molar-refractivity contribution >= 4 is 5.84 Å². The summed E-state index contributed by atoms with van der Waals surface area (Å²) >= 11 is 0. The van der Waals surface area contributed by atoms with Crippen molar-refractivity contribution in [2.24, 2.45) is 10.9 Å². The van der Waals surface area contributed by atoms with Crippen LogP contribution in [-0.2, 0) is 0 Å². The van der Waals surface area contributed by atoms with Gasteiger partial charge in [-0.05, 0) is 29.8 Å². The van der Waals surface area contributed by atoms with Crippen molar-refractivity contribution in [3.8, 4) is 0 Å². The Morgan fingerprint density at radius 2 is 1.82 bits per heavy atom. The molecule has 5 heteroatoms. The Labute approximate surface area is 97.8 Å². The Bertz CT molecular complexity index is 505. The molecule has 0 spiro atoms. The van der Waals surface area contributed by atoms with Gasteiger partial charge < -0.3 is 15.5 Å². The highest BCUT2D eigenvalue weighted by Gasteiger charge is 2.17. The van der Waals surface area contributed by atoms with Gasteiger partial charge in [-0.1, -0.05) is 17.3 Å². The summed E-state index contributed by atoms with van der Waals surface area (Å²) in [5.74, 6) is -0.271. The lowest BCUT2D eigenvalue weighted by Gasteiger charge is -2.17. The van der Waals surface area contributed by atoms with Gasteiger partial charge in [-0.15, -0.1) is 0 Å². The number of aromatic nitrogens is 1. The molecule has 3 N–H and O–H groups in total. The molecule has 0 fully saturated rings. The van der Waals surface area contributed by atoms with E-state index in [0.29, 0.717) is 0 Å². The monoisotopic (exact) mass is 233 g/mol. The molecular formula is C12H12FN3O. The molecule has 0 radical (unpaired) electrons. The van der Waals surface area contributed by atoms with Crippen molar-refractivity contribution in [3.63, 3.8) is 0 Å². The van der Waals surface area contributed by atoms with Gasteiger partial charge in [0.05, 0.1) is 0 Å². The fourth-order valence-electron chi connectivity index (χ4n) is 1.72. The zero-order chi connectivity index (χ0) is 12.3. The number of oxime groups is 1. The third-order valence-corrected chi connectivity index (χ3v) is 2.51. The highest BCUT2D eigenvalue weighted by atomic mass is 19.1. The molecule has 0 saturated carbocycles. The van der Waals surface area contributed by atoms with E-state index in [-0.39, 0.29) is 11.7 Å². The quantitative estimate of drug-likeness (QED) is 0.368. The molecule has 2 rings (SSSR count). The van der Waals surface area contributed by atoms with E-state index in [2.05, 4.69) is 5.16 Å². The molecule has 4 nitrogen and oxygen atoms in total. The second-order valence-corrected chi connectivity index (χ2v) is 3.61. The molecule has 0 saturated heterocycles. The number of benzene rings is 1. The van der Waals surface area contributed by atoms with Gasteiger partial charge in [-0.3, -0.25) is 0 Å². The molecule has 2 aromatic rings. The average Bonchev–Trinajstić information content (AvgIpc) is 2.85. The molecule has 1 atom stereocenters. The van der Waals surface area contributed by atoms with Crippen LogP contribution in [0.3, 0.4) is 0 Å². The van der Waals surface area contributed by atoms with Crippen molar-refractivity contribution in [2.45, 2.75) is 6.04 Å². The Balaban J connectivity index is 2.44. The fraction of sp³-hybridized carbons (Fsp3) is 0.0833. The van der Waals surface area contributed by atoms with Crippen LogP contribution in [0, 0.1) is 5.82 Å². The van der Waals surface area contributed by atoms with Crippen molar-refractivity contribution in [3.05, 3.63) is 60.2 Å². The maximum Gasteiger partial charge on any atom is 0.166 e. The smallest absolute Gasteiger partial charge is 0.166 e. The molecular weight excluding hydrogens is 221 g/mol. The van der Waals surface area contributed by atoms with E-state index in [4.69, 9.17) is 10.9 Å². The number of nitrogens with two attached hydrogens (primary N) is 1. The lowest BCUT2D eigenvalue weighted by Crippen LogP contribution is -2.27. The summed E-state index contributed by atoms with van der Waals surface area (Å²) in [5, 5.41) is 11.8. The summed E-state index contributed by atoms with van der Waals surface area (Å²) in [4.78, 5) is 0. The van der Waals surface area contributed by atoms with Gasteiger partial charge >= 0.3 is 0 Å². The van der Waals surface area contributed by atoms with Gasteiger partial charge in [0.1, 0.15) is 11.9 Å². The third kappa shape index (κ3) is 2.28. The molecule has 0 aliphatic rings. The maximum atomic E-state index is 12.9. The van der Waals surface area contributed by atoms with Crippen LogP contribution >= 0.6 is 0 Å². The summed E-state index contributed by atoms with van der Waals surface area (Å²) in [6.07, 6.45) is 3.60. The standard InChI is InChI=1S/C12H12FN3O/c13-10-5-3-9(4-6-10)11(12(14)15-17)16-7-1-2-8-16/h1-8,11,17H,(H2,14,15). The number of hydrogen-bond acceptors (Lipinski definition) is 2. The van der Waals surface area contributed by atoms with Crippen LogP contribution in [0.4, 0.5) is 4.39 Å². The topological polar surface area (TPSA) is 63.5 Å². The van der Waals surface area contributed by atoms with Crippen LogP contribution in [0.1, 0.15) is 11.6 Å². The Morgan fingerprint density at radius 3 is 2.35 bits per heavy atom. The van der Waals surface area contributed by atoms with E-state index in [1.165, 1.54) is 12.1 Å². The van der Waals surface area contributed by atoms with Gasteiger partial charge in [0.25, 0.3) is 0 Å². The van der Waals surface area contributed by atoms with Gasteiger partial charge in [0.2, 0.25) is 0 Å². The first-order valence-electron chi connectivity index (χ1n) is 5.07. The summed E-state index contributed by atoms with van der Waals surface area (Å²) < 4.78 is 14.6. The van der Waals surface area contributed by atoms with Crippen molar-refractivity contribution in [1.82, 2.24) is 4.57 Å². The number of amidine groups is 1. The molecule has 1 aromatic heterocycles. The normalized spacial score (nSPS) is 13.6. The zero-order valence-corrected chi connectivity index (χ0v) is 8.99. The van der Waals surface area contributed by atoms with Crippen LogP contribution in [0.5, 0.6) is 0 Å². The third-order valence-electron chi connectivity index (χ3n) is 2.51. The number of rotatable bonds is 3. The summed E-state index contributed by atoms with van der Waals surface area (Å²) in [6, 6.07) is 9.14. The van der Waals surface area contributed by atoms with Crippen LogP contribution < -0.4 is 5.73 Å². The highest BCUT2D eigenvalue weighted by molar-refractivity contribution is 5.86. The number of nitrogens with zero attached hydrogens (tertiary/aromatic N) is 2. The Kier molecular flexibility index (Phi) is 3.09. The number of halogens is 1. The molecule has 1 heterocycles. The Morgan fingerprint density at radius 1 is 1.24 bits per heavy atom. The SMILES string of the molecule is N/C(=N\O)C(c1ccc(F)cc1)n1cccc1. The summed E-state index contributed by atoms with van der Waals surface area (Å²) in [6.45, 7) is 0. The number of hydrogen-bond donors (Lipinski definition) is 2. The first-order chi connectivity index (χ1) is 8.22. The van der Waals surface area contributed by atoms with Crippen LogP contribution in [0.25, 0.3) is 0 Å². The average molecular weight is 233 g/mol. The molecule has 1 unspecified atom stereocenters. The molecule has 0 amide bonds. The molecule has 0 bridgehead atoms. The second-order valence-electron chi connectivity index (χ2n) is 3.61. The Hall–Kier alpha value is -2.30. The lowest BCUT2D eigenvalue weighted by molar-refractivity contribution is 0.315. The van der Waals surface area contributed by atoms with E-state index < -0.39 is 6.04 Å².